The first-order valence-electron chi connectivity index (χ1n) is 6.70. The van der Waals surface area contributed by atoms with Crippen LogP contribution in [0.1, 0.15) is 22.7 Å². The molecule has 1 aliphatic rings. The summed E-state index contributed by atoms with van der Waals surface area (Å²) in [6.07, 6.45) is 1.28. The molecule has 0 spiro atoms. The molecular formula is C16H14Cl2FNO. The zero-order valence-corrected chi connectivity index (χ0v) is 12.7. The molecule has 2 N–H and O–H groups in total. The Morgan fingerprint density at radius 2 is 2.10 bits per heavy atom. The molecule has 1 aliphatic heterocycles. The van der Waals surface area contributed by atoms with E-state index in [9.17, 15) is 4.39 Å². The minimum absolute atomic E-state index is 0.0792. The molecule has 3 rings (SSSR count). The molecule has 0 saturated heterocycles. The largest absolute Gasteiger partial charge is 0.493 e. The lowest BCUT2D eigenvalue weighted by atomic mass is 9.97. The number of halogens is 3. The predicted octanol–water partition coefficient (Wildman–Crippen LogP) is 4.31. The quantitative estimate of drug-likeness (QED) is 0.912. The van der Waals surface area contributed by atoms with Crippen LogP contribution in [-0.4, -0.2) is 6.61 Å². The monoisotopic (exact) mass is 325 g/mol. The van der Waals surface area contributed by atoms with Crippen molar-refractivity contribution in [1.82, 2.24) is 0 Å². The van der Waals surface area contributed by atoms with Gasteiger partial charge in [0.25, 0.3) is 0 Å². The van der Waals surface area contributed by atoms with Gasteiger partial charge in [-0.2, -0.15) is 0 Å². The van der Waals surface area contributed by atoms with E-state index in [1.165, 1.54) is 6.07 Å². The summed E-state index contributed by atoms with van der Waals surface area (Å²) < 4.78 is 19.7. The molecule has 1 unspecified atom stereocenters. The first kappa shape index (κ1) is 14.6. The van der Waals surface area contributed by atoms with Gasteiger partial charge in [0.05, 0.1) is 11.6 Å². The Kier molecular flexibility index (Phi) is 4.07. The molecular weight excluding hydrogens is 312 g/mol. The summed E-state index contributed by atoms with van der Waals surface area (Å²) >= 11 is 11.9. The fourth-order valence-corrected chi connectivity index (χ4v) is 3.10. The van der Waals surface area contributed by atoms with Gasteiger partial charge in [-0.15, -0.1) is 0 Å². The van der Waals surface area contributed by atoms with Crippen molar-refractivity contribution < 1.29 is 9.13 Å². The van der Waals surface area contributed by atoms with Crippen LogP contribution in [0.3, 0.4) is 0 Å². The second kappa shape index (κ2) is 5.84. The number of hydrogen-bond donors (Lipinski definition) is 1. The summed E-state index contributed by atoms with van der Waals surface area (Å²) in [6.45, 7) is 0.642. The van der Waals surface area contributed by atoms with Gasteiger partial charge in [0.1, 0.15) is 11.6 Å². The van der Waals surface area contributed by atoms with Gasteiger partial charge in [-0.1, -0.05) is 35.3 Å². The van der Waals surface area contributed by atoms with Crippen LogP contribution >= 0.6 is 23.2 Å². The van der Waals surface area contributed by atoms with Crippen LogP contribution in [0, 0.1) is 5.82 Å². The molecule has 1 heterocycles. The van der Waals surface area contributed by atoms with Crippen molar-refractivity contribution in [2.45, 2.75) is 18.9 Å². The molecule has 0 fully saturated rings. The van der Waals surface area contributed by atoms with E-state index in [0.29, 0.717) is 23.6 Å². The lowest BCUT2D eigenvalue weighted by Gasteiger charge is -2.16. The van der Waals surface area contributed by atoms with Crippen molar-refractivity contribution in [3.63, 3.8) is 0 Å². The third-order valence-electron chi connectivity index (χ3n) is 3.65. The van der Waals surface area contributed by atoms with Gasteiger partial charge >= 0.3 is 0 Å². The minimum atomic E-state index is -0.504. The highest BCUT2D eigenvalue weighted by Gasteiger charge is 2.21. The maximum absolute atomic E-state index is 14.0. The molecule has 0 aromatic heterocycles. The van der Waals surface area contributed by atoms with E-state index in [-0.39, 0.29) is 5.02 Å². The van der Waals surface area contributed by atoms with E-state index < -0.39 is 11.9 Å². The first-order chi connectivity index (χ1) is 10.1. The topological polar surface area (TPSA) is 35.2 Å². The molecule has 1 atom stereocenters. The second-order valence-corrected chi connectivity index (χ2v) is 5.95. The maximum Gasteiger partial charge on any atom is 0.146 e. The van der Waals surface area contributed by atoms with Crippen LogP contribution in [-0.2, 0) is 12.8 Å². The zero-order valence-electron chi connectivity index (χ0n) is 11.2. The van der Waals surface area contributed by atoms with Crippen molar-refractivity contribution in [3.05, 3.63) is 62.9 Å². The molecule has 0 radical (unpaired) electrons. The maximum atomic E-state index is 14.0. The van der Waals surface area contributed by atoms with Crippen molar-refractivity contribution in [2.24, 2.45) is 5.73 Å². The Morgan fingerprint density at radius 3 is 2.90 bits per heavy atom. The highest BCUT2D eigenvalue weighted by molar-refractivity contribution is 6.31. The highest BCUT2D eigenvalue weighted by atomic mass is 35.5. The Morgan fingerprint density at radius 1 is 1.29 bits per heavy atom. The van der Waals surface area contributed by atoms with Gasteiger partial charge in [-0.25, -0.2) is 4.39 Å². The van der Waals surface area contributed by atoms with Gasteiger partial charge < -0.3 is 10.5 Å². The van der Waals surface area contributed by atoms with Crippen molar-refractivity contribution in [2.75, 3.05) is 6.61 Å². The number of hydrogen-bond acceptors (Lipinski definition) is 2. The van der Waals surface area contributed by atoms with Crippen LogP contribution in [0.2, 0.25) is 10.0 Å². The molecule has 0 amide bonds. The summed E-state index contributed by atoms with van der Waals surface area (Å²) in [6, 6.07) is 8.08. The fourth-order valence-electron chi connectivity index (χ4n) is 2.65. The van der Waals surface area contributed by atoms with Crippen LogP contribution in [0.25, 0.3) is 0 Å². The SMILES string of the molecule is NC(Cc1cc(Cl)cc2c1OCC2)c1cccc(Cl)c1F. The smallest absolute Gasteiger partial charge is 0.146 e. The number of nitrogens with two attached hydrogens (primary N) is 1. The zero-order chi connectivity index (χ0) is 15.0. The third-order valence-corrected chi connectivity index (χ3v) is 4.16. The van der Waals surface area contributed by atoms with Crippen molar-refractivity contribution in [3.8, 4) is 5.75 Å². The molecule has 5 heteroatoms. The van der Waals surface area contributed by atoms with E-state index in [1.807, 2.05) is 12.1 Å². The van der Waals surface area contributed by atoms with Gasteiger partial charge in [0, 0.05) is 23.0 Å². The van der Waals surface area contributed by atoms with Gasteiger partial charge in [0.15, 0.2) is 0 Å². The summed E-state index contributed by atoms with van der Waals surface area (Å²) in [5.41, 5.74) is 8.53. The molecule has 2 nitrogen and oxygen atoms in total. The third kappa shape index (κ3) is 2.86. The summed E-state index contributed by atoms with van der Waals surface area (Å²) in [4.78, 5) is 0. The standard InChI is InChI=1S/C16H14Cl2FNO/c17-11-6-9-4-5-21-16(9)10(7-11)8-14(20)12-2-1-3-13(18)15(12)19/h1-3,6-7,14H,4-5,8,20H2. The van der Waals surface area contributed by atoms with E-state index in [2.05, 4.69) is 0 Å². The normalized spacial score (nSPS) is 14.7. The Labute approximate surface area is 132 Å². The van der Waals surface area contributed by atoms with Crippen LogP contribution in [0.15, 0.2) is 30.3 Å². The molecule has 0 bridgehead atoms. The summed E-state index contributed by atoms with van der Waals surface area (Å²) in [7, 11) is 0. The van der Waals surface area contributed by atoms with Gasteiger partial charge in [0.2, 0.25) is 0 Å². The van der Waals surface area contributed by atoms with Crippen molar-refractivity contribution >= 4 is 23.2 Å². The molecule has 0 aliphatic carbocycles. The van der Waals surface area contributed by atoms with E-state index >= 15 is 0 Å². The van der Waals surface area contributed by atoms with E-state index in [0.717, 1.165) is 23.3 Å². The number of fused-ring (bicyclic) bond motifs is 1. The van der Waals surface area contributed by atoms with Gasteiger partial charge in [-0.3, -0.25) is 0 Å². The van der Waals surface area contributed by atoms with Gasteiger partial charge in [-0.05, 0) is 35.7 Å². The molecule has 2 aromatic rings. The predicted molar refractivity (Wildman–Crippen MR) is 82.7 cm³/mol. The number of ether oxygens (including phenoxy) is 1. The molecule has 2 aromatic carbocycles. The summed E-state index contributed by atoms with van der Waals surface area (Å²) in [5, 5.41) is 0.725. The highest BCUT2D eigenvalue weighted by Crippen LogP contribution is 2.35. The number of benzene rings is 2. The van der Waals surface area contributed by atoms with Crippen LogP contribution in [0.4, 0.5) is 4.39 Å². The Balaban J connectivity index is 1.92. The molecule has 21 heavy (non-hydrogen) atoms. The second-order valence-electron chi connectivity index (χ2n) is 5.11. The van der Waals surface area contributed by atoms with Crippen molar-refractivity contribution in [1.29, 1.82) is 0 Å². The minimum Gasteiger partial charge on any atom is -0.493 e. The fraction of sp³-hybridized carbons (Fsp3) is 0.250. The lowest BCUT2D eigenvalue weighted by Crippen LogP contribution is -2.15. The average molecular weight is 326 g/mol. The Hall–Kier alpha value is -1.29. The average Bonchev–Trinajstić information content (AvgIpc) is 2.90. The number of rotatable bonds is 3. The lowest BCUT2D eigenvalue weighted by molar-refractivity contribution is 0.352. The van der Waals surface area contributed by atoms with E-state index in [1.54, 1.807) is 12.1 Å². The summed E-state index contributed by atoms with van der Waals surface area (Å²) in [5.74, 6) is 0.364. The van der Waals surface area contributed by atoms with Crippen LogP contribution in [0.5, 0.6) is 5.75 Å². The molecule has 110 valence electrons. The molecule has 0 saturated carbocycles. The van der Waals surface area contributed by atoms with Crippen LogP contribution < -0.4 is 10.5 Å². The van der Waals surface area contributed by atoms with E-state index in [4.69, 9.17) is 33.7 Å². The first-order valence-corrected chi connectivity index (χ1v) is 7.45. The Bertz CT molecular complexity index is 690.